The first-order chi connectivity index (χ1) is 10.4. The summed E-state index contributed by atoms with van der Waals surface area (Å²) < 4.78 is 6.03. The Morgan fingerprint density at radius 2 is 2.10 bits per heavy atom. The van der Waals surface area contributed by atoms with Gasteiger partial charge in [0.05, 0.1) is 0 Å². The zero-order chi connectivity index (χ0) is 14.2. The van der Waals surface area contributed by atoms with Gasteiger partial charge in [0.25, 0.3) is 0 Å². The normalized spacial score (nSPS) is 19.0. The molecular weight excluding hydrogens is 276 g/mol. The van der Waals surface area contributed by atoms with E-state index < -0.39 is 0 Å². The maximum Gasteiger partial charge on any atom is 0.131 e. The molecule has 1 nitrogen and oxygen atoms in total. The third-order valence-corrected chi connectivity index (χ3v) is 5.51. The Hall–Kier alpha value is -1.67. The Morgan fingerprint density at radius 1 is 1.19 bits per heavy atom. The molecule has 4 rings (SSSR count). The number of hydrogen-bond donors (Lipinski definition) is 0. The summed E-state index contributed by atoms with van der Waals surface area (Å²) >= 11 is 1.95. The van der Waals surface area contributed by atoms with E-state index in [1.165, 1.54) is 27.1 Å². The maximum absolute atomic E-state index is 6.03. The van der Waals surface area contributed by atoms with E-state index in [-0.39, 0.29) is 0 Å². The highest BCUT2D eigenvalue weighted by Crippen LogP contribution is 2.47. The van der Waals surface area contributed by atoms with Gasteiger partial charge in [0, 0.05) is 27.7 Å². The predicted molar refractivity (Wildman–Crippen MR) is 89.1 cm³/mol. The van der Waals surface area contributed by atoms with Crippen molar-refractivity contribution < 1.29 is 4.74 Å². The van der Waals surface area contributed by atoms with Crippen LogP contribution in [-0.4, -0.2) is 6.61 Å². The molecule has 1 atom stereocenters. The second-order valence-corrected chi connectivity index (χ2v) is 6.57. The van der Waals surface area contributed by atoms with Crippen molar-refractivity contribution >= 4 is 17.8 Å². The fourth-order valence-electron chi connectivity index (χ4n) is 3.40. The molecule has 2 aliphatic heterocycles. The van der Waals surface area contributed by atoms with Gasteiger partial charge >= 0.3 is 0 Å². The third-order valence-electron chi connectivity index (χ3n) is 4.37. The molecule has 106 valence electrons. The third kappa shape index (κ3) is 2.09. The quantitative estimate of drug-likeness (QED) is 0.711. The van der Waals surface area contributed by atoms with E-state index in [0.717, 1.165) is 17.9 Å². The molecule has 2 aromatic rings. The predicted octanol–water partition coefficient (Wildman–Crippen LogP) is 5.24. The van der Waals surface area contributed by atoms with Crippen LogP contribution in [0.1, 0.15) is 41.5 Å². The molecule has 0 N–H and O–H groups in total. The van der Waals surface area contributed by atoms with Crippen molar-refractivity contribution in [3.8, 4) is 5.75 Å². The SMILES string of the molecule is CCC1c2ccccc2SCc2ccc3c(c21)OCC=C3. The molecule has 21 heavy (non-hydrogen) atoms. The van der Waals surface area contributed by atoms with Crippen LogP contribution < -0.4 is 4.74 Å². The summed E-state index contributed by atoms with van der Waals surface area (Å²) in [6.07, 6.45) is 5.39. The average molecular weight is 294 g/mol. The van der Waals surface area contributed by atoms with Gasteiger partial charge in [-0.15, -0.1) is 11.8 Å². The molecule has 0 fully saturated rings. The highest BCUT2D eigenvalue weighted by atomic mass is 32.2. The number of ether oxygens (including phenoxy) is 1. The highest BCUT2D eigenvalue weighted by Gasteiger charge is 2.27. The molecule has 0 amide bonds. The van der Waals surface area contributed by atoms with Crippen LogP contribution in [0.5, 0.6) is 5.75 Å². The zero-order valence-corrected chi connectivity index (χ0v) is 13.0. The van der Waals surface area contributed by atoms with Gasteiger partial charge in [-0.3, -0.25) is 0 Å². The topological polar surface area (TPSA) is 9.23 Å². The molecule has 0 aromatic heterocycles. The van der Waals surface area contributed by atoms with Gasteiger partial charge < -0.3 is 4.74 Å². The molecular formula is C19H18OS. The van der Waals surface area contributed by atoms with E-state index in [1.54, 1.807) is 0 Å². The Morgan fingerprint density at radius 3 is 3.00 bits per heavy atom. The molecule has 0 saturated heterocycles. The average Bonchev–Trinajstić information content (AvgIpc) is 2.71. The lowest BCUT2D eigenvalue weighted by Gasteiger charge is -2.24. The minimum absolute atomic E-state index is 0.438. The first-order valence-electron chi connectivity index (χ1n) is 7.55. The van der Waals surface area contributed by atoms with Gasteiger partial charge in [-0.25, -0.2) is 0 Å². The Bertz CT molecular complexity index is 718. The molecule has 2 aromatic carbocycles. The molecule has 1 unspecified atom stereocenters. The Labute approximate surface area is 130 Å². The number of rotatable bonds is 1. The smallest absolute Gasteiger partial charge is 0.131 e. The lowest BCUT2D eigenvalue weighted by molar-refractivity contribution is 0.352. The molecule has 2 heteroatoms. The molecule has 0 bridgehead atoms. The van der Waals surface area contributed by atoms with Gasteiger partial charge in [-0.05, 0) is 29.7 Å². The van der Waals surface area contributed by atoms with Gasteiger partial charge in [-0.2, -0.15) is 0 Å². The van der Waals surface area contributed by atoms with Gasteiger partial charge in [-0.1, -0.05) is 43.3 Å². The number of hydrogen-bond acceptors (Lipinski definition) is 2. The number of fused-ring (bicyclic) bond motifs is 4. The van der Waals surface area contributed by atoms with Crippen LogP contribution in [-0.2, 0) is 5.75 Å². The van der Waals surface area contributed by atoms with Gasteiger partial charge in [0.1, 0.15) is 12.4 Å². The maximum atomic E-state index is 6.03. The van der Waals surface area contributed by atoms with Gasteiger partial charge in [0.2, 0.25) is 0 Å². The molecule has 0 saturated carbocycles. The van der Waals surface area contributed by atoms with Crippen molar-refractivity contribution in [1.29, 1.82) is 0 Å². The van der Waals surface area contributed by atoms with Crippen molar-refractivity contribution in [2.45, 2.75) is 29.9 Å². The lowest BCUT2D eigenvalue weighted by atomic mass is 9.84. The lowest BCUT2D eigenvalue weighted by Crippen LogP contribution is -2.10. The van der Waals surface area contributed by atoms with Crippen LogP contribution in [0, 0.1) is 0 Å². The molecule has 0 radical (unpaired) electrons. The highest BCUT2D eigenvalue weighted by molar-refractivity contribution is 7.98. The van der Waals surface area contributed by atoms with E-state index in [9.17, 15) is 0 Å². The zero-order valence-electron chi connectivity index (χ0n) is 12.1. The van der Waals surface area contributed by atoms with Crippen LogP contribution >= 0.6 is 11.8 Å². The first kappa shape index (κ1) is 13.0. The molecule has 2 aliphatic rings. The van der Waals surface area contributed by atoms with Crippen LogP contribution in [0.3, 0.4) is 0 Å². The number of thioether (sulfide) groups is 1. The standard InChI is InChI=1S/C19H18OS/c1-2-15-16-7-3-4-8-17(16)21-12-14-10-9-13-6-5-11-20-19(13)18(14)15/h3-10,15H,2,11-12H2,1H3. The molecule has 0 spiro atoms. The van der Waals surface area contributed by atoms with Crippen LogP contribution in [0.4, 0.5) is 0 Å². The summed E-state index contributed by atoms with van der Waals surface area (Å²) in [6, 6.07) is 13.3. The van der Waals surface area contributed by atoms with E-state index in [0.29, 0.717) is 12.5 Å². The second-order valence-electron chi connectivity index (χ2n) is 5.56. The van der Waals surface area contributed by atoms with Crippen LogP contribution in [0.2, 0.25) is 0 Å². The van der Waals surface area contributed by atoms with Crippen molar-refractivity contribution in [2.75, 3.05) is 6.61 Å². The van der Waals surface area contributed by atoms with Gasteiger partial charge in [0.15, 0.2) is 0 Å². The van der Waals surface area contributed by atoms with E-state index in [4.69, 9.17) is 4.74 Å². The van der Waals surface area contributed by atoms with E-state index in [2.05, 4.69) is 55.5 Å². The van der Waals surface area contributed by atoms with Crippen molar-refractivity contribution in [3.63, 3.8) is 0 Å². The van der Waals surface area contributed by atoms with Crippen molar-refractivity contribution in [2.24, 2.45) is 0 Å². The van der Waals surface area contributed by atoms with Crippen molar-refractivity contribution in [1.82, 2.24) is 0 Å². The second kappa shape index (κ2) is 5.27. The summed E-state index contributed by atoms with van der Waals surface area (Å²) in [5.74, 6) is 2.58. The summed E-state index contributed by atoms with van der Waals surface area (Å²) in [7, 11) is 0. The summed E-state index contributed by atoms with van der Waals surface area (Å²) in [5, 5.41) is 0. The fourth-order valence-corrected chi connectivity index (χ4v) is 4.51. The Kier molecular flexibility index (Phi) is 3.27. The monoisotopic (exact) mass is 294 g/mol. The number of benzene rings is 2. The fraction of sp³-hybridized carbons (Fsp3) is 0.263. The minimum atomic E-state index is 0.438. The summed E-state index contributed by atoms with van der Waals surface area (Å²) in [5.41, 5.74) is 5.52. The van der Waals surface area contributed by atoms with Crippen LogP contribution in [0.25, 0.3) is 6.08 Å². The molecule has 2 heterocycles. The summed E-state index contributed by atoms with van der Waals surface area (Å²) in [6.45, 7) is 2.97. The van der Waals surface area contributed by atoms with Crippen LogP contribution in [0.15, 0.2) is 47.4 Å². The van der Waals surface area contributed by atoms with E-state index >= 15 is 0 Å². The first-order valence-corrected chi connectivity index (χ1v) is 8.54. The molecule has 0 aliphatic carbocycles. The van der Waals surface area contributed by atoms with E-state index in [1.807, 2.05) is 11.8 Å². The Balaban J connectivity index is 1.97. The van der Waals surface area contributed by atoms with Crippen molar-refractivity contribution in [3.05, 3.63) is 64.7 Å². The minimum Gasteiger partial charge on any atom is -0.489 e. The largest absolute Gasteiger partial charge is 0.489 e. The summed E-state index contributed by atoms with van der Waals surface area (Å²) in [4.78, 5) is 1.42.